The Hall–Kier alpha value is -1.38. The van der Waals surface area contributed by atoms with E-state index in [2.05, 4.69) is 13.0 Å². The van der Waals surface area contributed by atoms with Gasteiger partial charge in [0.05, 0.1) is 0 Å². The molecule has 0 bridgehead atoms. The molecule has 0 aromatic heterocycles. The number of Topliss-reactive ketones (excluding diaryl/α,β-unsaturated/α-hetero) is 1. The molecule has 0 aromatic carbocycles. The molecule has 1 heterocycles. The van der Waals surface area contributed by atoms with Gasteiger partial charge in [0.25, 0.3) is 0 Å². The second-order valence-corrected chi connectivity index (χ2v) is 9.79. The Balaban J connectivity index is 1.41. The first kappa shape index (κ1) is 15.7. The monoisotopic (exact) mass is 352 g/mol. The van der Waals surface area contributed by atoms with E-state index in [1.165, 1.54) is 25.7 Å². The highest BCUT2D eigenvalue weighted by Gasteiger charge is 2.69. The minimum atomic E-state index is -0.323. The summed E-state index contributed by atoms with van der Waals surface area (Å²) in [6.45, 7) is 2.32. The van der Waals surface area contributed by atoms with Crippen LogP contribution in [0.3, 0.4) is 0 Å². The number of ketones is 1. The lowest BCUT2D eigenvalue weighted by Crippen LogP contribution is -2.53. The lowest BCUT2D eigenvalue weighted by Gasteiger charge is -2.55. The van der Waals surface area contributed by atoms with E-state index in [1.54, 1.807) is 17.2 Å². The van der Waals surface area contributed by atoms with Crippen molar-refractivity contribution in [2.75, 3.05) is 0 Å². The number of hydrogen-bond donors (Lipinski definition) is 0. The van der Waals surface area contributed by atoms with Crippen LogP contribution in [0.1, 0.15) is 64.7 Å². The molecule has 0 saturated heterocycles. The SMILES string of the molecule is CC[C@]12CCC3C4=C(CC(=O)CC4)C4CC4C3C1CC[C@@]21C=CC(=O)O1. The van der Waals surface area contributed by atoms with Crippen molar-refractivity contribution in [3.8, 4) is 0 Å². The predicted octanol–water partition coefficient (Wildman–Crippen LogP) is 4.37. The van der Waals surface area contributed by atoms with E-state index >= 15 is 0 Å². The Kier molecular flexibility index (Phi) is 2.96. The second kappa shape index (κ2) is 4.91. The fourth-order valence-electron chi connectivity index (χ4n) is 8.33. The normalized spacial score (nSPS) is 51.0. The van der Waals surface area contributed by atoms with Crippen molar-refractivity contribution in [3.05, 3.63) is 23.3 Å². The van der Waals surface area contributed by atoms with Crippen LogP contribution in [0, 0.1) is 35.0 Å². The van der Waals surface area contributed by atoms with Crippen molar-refractivity contribution in [1.82, 2.24) is 0 Å². The standard InChI is InChI=1S/C23H28O3/c1-2-22-8-5-15-14-4-3-13(24)11-16(14)17-12-18(17)21(15)19(22)6-9-23(22)10-7-20(25)26-23/h7,10,15,17-19,21H,2-6,8-9,11-12H2,1H3/t15?,17?,18?,19?,21?,22-,23+/m0/s1. The summed E-state index contributed by atoms with van der Waals surface area (Å²) >= 11 is 0. The third-order valence-electron chi connectivity index (χ3n) is 9.31. The Bertz CT molecular complexity index is 776. The van der Waals surface area contributed by atoms with Crippen LogP contribution in [-0.4, -0.2) is 17.4 Å². The van der Waals surface area contributed by atoms with Gasteiger partial charge in [-0.05, 0) is 80.6 Å². The van der Waals surface area contributed by atoms with Crippen LogP contribution in [0.2, 0.25) is 0 Å². The van der Waals surface area contributed by atoms with Crippen molar-refractivity contribution < 1.29 is 14.3 Å². The maximum absolute atomic E-state index is 12.0. The largest absolute Gasteiger partial charge is 0.451 e. The number of carbonyl (C=O) groups is 2. The molecule has 0 amide bonds. The van der Waals surface area contributed by atoms with Crippen molar-refractivity contribution in [2.24, 2.45) is 35.0 Å². The van der Waals surface area contributed by atoms with Gasteiger partial charge in [0.2, 0.25) is 0 Å². The molecule has 3 nitrogen and oxygen atoms in total. The fourth-order valence-corrected chi connectivity index (χ4v) is 8.33. The molecule has 3 fully saturated rings. The number of hydrogen-bond acceptors (Lipinski definition) is 3. The second-order valence-electron chi connectivity index (χ2n) is 9.79. The highest BCUT2D eigenvalue weighted by Crippen LogP contribution is 2.72. The van der Waals surface area contributed by atoms with Gasteiger partial charge < -0.3 is 4.74 Å². The van der Waals surface area contributed by atoms with Crippen LogP contribution < -0.4 is 0 Å². The highest BCUT2D eigenvalue weighted by atomic mass is 16.6. The minimum absolute atomic E-state index is 0.135. The van der Waals surface area contributed by atoms with Gasteiger partial charge in [-0.1, -0.05) is 18.1 Å². The molecule has 26 heavy (non-hydrogen) atoms. The van der Waals surface area contributed by atoms with Crippen LogP contribution in [0.15, 0.2) is 23.3 Å². The molecule has 0 radical (unpaired) electrons. The average Bonchev–Trinajstić information content (AvgIpc) is 3.27. The van der Waals surface area contributed by atoms with E-state index in [4.69, 9.17) is 4.74 Å². The summed E-state index contributed by atoms with van der Waals surface area (Å²) < 4.78 is 6.02. The molecule has 0 aromatic rings. The summed E-state index contributed by atoms with van der Waals surface area (Å²) in [6.07, 6.45) is 13.4. The van der Waals surface area contributed by atoms with Gasteiger partial charge in [-0.2, -0.15) is 0 Å². The Morgan fingerprint density at radius 2 is 2.00 bits per heavy atom. The molecule has 6 aliphatic rings. The van der Waals surface area contributed by atoms with E-state index in [0.29, 0.717) is 23.5 Å². The van der Waals surface area contributed by atoms with Crippen molar-refractivity contribution in [3.63, 3.8) is 0 Å². The summed E-state index contributed by atoms with van der Waals surface area (Å²) in [5, 5.41) is 0. The van der Waals surface area contributed by atoms with E-state index in [0.717, 1.165) is 43.9 Å². The number of esters is 1. The van der Waals surface area contributed by atoms with Crippen LogP contribution in [0.5, 0.6) is 0 Å². The summed E-state index contributed by atoms with van der Waals surface area (Å²) in [4.78, 5) is 24.0. The predicted molar refractivity (Wildman–Crippen MR) is 97.1 cm³/mol. The third kappa shape index (κ3) is 1.71. The van der Waals surface area contributed by atoms with E-state index in [9.17, 15) is 9.59 Å². The summed E-state index contributed by atoms with van der Waals surface area (Å²) in [6, 6.07) is 0. The zero-order valence-electron chi connectivity index (χ0n) is 15.6. The average molecular weight is 352 g/mol. The first-order valence-corrected chi connectivity index (χ1v) is 10.7. The van der Waals surface area contributed by atoms with Crippen LogP contribution in [0.25, 0.3) is 0 Å². The third-order valence-corrected chi connectivity index (χ3v) is 9.31. The molecule has 3 saturated carbocycles. The lowest BCUT2D eigenvalue weighted by atomic mass is 9.51. The maximum atomic E-state index is 12.0. The van der Waals surface area contributed by atoms with E-state index < -0.39 is 0 Å². The summed E-state index contributed by atoms with van der Waals surface area (Å²) in [5.74, 6) is 4.01. The number of carbonyl (C=O) groups excluding carboxylic acids is 2. The number of ether oxygens (including phenoxy) is 1. The molecule has 3 heteroatoms. The summed E-state index contributed by atoms with van der Waals surface area (Å²) in [7, 11) is 0. The molecule has 138 valence electrons. The van der Waals surface area contributed by atoms with Crippen molar-refractivity contribution >= 4 is 11.8 Å². The van der Waals surface area contributed by atoms with Gasteiger partial charge >= 0.3 is 5.97 Å². The fraction of sp³-hybridized carbons (Fsp3) is 0.739. The molecule has 1 spiro atoms. The molecule has 6 rings (SSSR count). The van der Waals surface area contributed by atoms with E-state index in [-0.39, 0.29) is 17.0 Å². The highest BCUT2D eigenvalue weighted by molar-refractivity contribution is 5.85. The first-order chi connectivity index (χ1) is 12.6. The topological polar surface area (TPSA) is 43.4 Å². The van der Waals surface area contributed by atoms with Crippen LogP contribution >= 0.6 is 0 Å². The molecule has 0 N–H and O–H groups in total. The van der Waals surface area contributed by atoms with Gasteiger partial charge in [-0.15, -0.1) is 0 Å². The molecular weight excluding hydrogens is 324 g/mol. The van der Waals surface area contributed by atoms with Gasteiger partial charge in [0, 0.05) is 24.3 Å². The molecule has 5 aliphatic carbocycles. The molecule has 1 aliphatic heterocycles. The Morgan fingerprint density at radius 3 is 2.77 bits per heavy atom. The summed E-state index contributed by atoms with van der Waals surface area (Å²) in [5.41, 5.74) is 3.08. The van der Waals surface area contributed by atoms with Gasteiger partial charge in [0.1, 0.15) is 11.4 Å². The zero-order chi connectivity index (χ0) is 17.7. The lowest BCUT2D eigenvalue weighted by molar-refractivity contribution is -0.163. The van der Waals surface area contributed by atoms with Gasteiger partial charge in [0.15, 0.2) is 0 Å². The number of rotatable bonds is 1. The van der Waals surface area contributed by atoms with Gasteiger partial charge in [-0.3, -0.25) is 4.79 Å². The Labute approximate surface area is 155 Å². The van der Waals surface area contributed by atoms with E-state index in [1.807, 2.05) is 0 Å². The molecule has 5 unspecified atom stereocenters. The first-order valence-electron chi connectivity index (χ1n) is 10.7. The molecule has 7 atom stereocenters. The number of allylic oxidation sites excluding steroid dienone is 2. The van der Waals surface area contributed by atoms with Gasteiger partial charge in [-0.25, -0.2) is 4.79 Å². The maximum Gasteiger partial charge on any atom is 0.331 e. The minimum Gasteiger partial charge on any atom is -0.451 e. The Morgan fingerprint density at radius 1 is 1.12 bits per heavy atom. The van der Waals surface area contributed by atoms with Crippen molar-refractivity contribution in [1.29, 1.82) is 0 Å². The zero-order valence-corrected chi connectivity index (χ0v) is 15.6. The smallest absolute Gasteiger partial charge is 0.331 e. The van der Waals surface area contributed by atoms with Crippen molar-refractivity contribution in [2.45, 2.75) is 70.3 Å². The van der Waals surface area contributed by atoms with Crippen LogP contribution in [0.4, 0.5) is 0 Å². The quantitative estimate of drug-likeness (QED) is 0.520. The molecular formula is C23H28O3. The number of fused-ring (bicyclic) bond motifs is 8. The van der Waals surface area contributed by atoms with Crippen LogP contribution in [-0.2, 0) is 14.3 Å².